The molecule has 35 heavy (non-hydrogen) atoms. The molecule has 0 spiro atoms. The molecule has 184 valence electrons. The zero-order valence-corrected chi connectivity index (χ0v) is 21.0. The summed E-state index contributed by atoms with van der Waals surface area (Å²) in [4.78, 5) is 20.2. The number of nitrogens with zero attached hydrogens (tertiary/aromatic N) is 4. The summed E-state index contributed by atoms with van der Waals surface area (Å²) in [5.74, 6) is 1.51. The van der Waals surface area contributed by atoms with Gasteiger partial charge in [-0.05, 0) is 43.5 Å². The molecule has 2 aromatic carbocycles. The first-order chi connectivity index (χ1) is 17.0. The Morgan fingerprint density at radius 2 is 2.03 bits per heavy atom. The molecule has 1 saturated heterocycles. The maximum Gasteiger partial charge on any atom is 0.254 e. The quantitative estimate of drug-likeness (QED) is 0.385. The zero-order chi connectivity index (χ0) is 24.5. The number of hydrogen-bond donors (Lipinski definition) is 1. The van der Waals surface area contributed by atoms with Crippen LogP contribution in [0, 0.1) is 0 Å². The number of likely N-dealkylation sites (tertiary alicyclic amines) is 1. The SMILES string of the molecule is CCCCCn1c(-c2nc3cc(C(=O)N4CCC[C@@H](N)C4)cc(OC)c3n2C)cc2ccccc21. The minimum Gasteiger partial charge on any atom is -0.494 e. The van der Waals surface area contributed by atoms with Crippen LogP contribution in [0.15, 0.2) is 42.5 Å². The van der Waals surface area contributed by atoms with Crippen molar-refractivity contribution in [1.29, 1.82) is 0 Å². The van der Waals surface area contributed by atoms with E-state index in [1.807, 2.05) is 24.1 Å². The predicted molar refractivity (Wildman–Crippen MR) is 141 cm³/mol. The van der Waals surface area contributed by atoms with Gasteiger partial charge in [0.15, 0.2) is 5.82 Å². The number of para-hydroxylation sites is 1. The van der Waals surface area contributed by atoms with Gasteiger partial charge in [-0.2, -0.15) is 0 Å². The number of rotatable bonds is 7. The maximum absolute atomic E-state index is 13.3. The number of imidazole rings is 1. The normalized spacial score (nSPS) is 16.3. The van der Waals surface area contributed by atoms with Crippen molar-refractivity contribution in [3.8, 4) is 17.3 Å². The van der Waals surface area contributed by atoms with E-state index < -0.39 is 0 Å². The highest BCUT2D eigenvalue weighted by molar-refractivity contribution is 6.00. The number of carbonyl (C=O) groups excluding carboxylic acids is 1. The van der Waals surface area contributed by atoms with Gasteiger partial charge in [-0.15, -0.1) is 0 Å². The molecule has 0 aliphatic carbocycles. The molecule has 0 bridgehead atoms. The Bertz CT molecular complexity index is 1370. The molecule has 7 heteroatoms. The Labute approximate surface area is 206 Å². The number of aryl methyl sites for hydroxylation is 2. The molecule has 2 aromatic heterocycles. The van der Waals surface area contributed by atoms with Crippen molar-refractivity contribution in [2.45, 2.75) is 51.6 Å². The van der Waals surface area contributed by atoms with E-state index >= 15 is 0 Å². The van der Waals surface area contributed by atoms with Gasteiger partial charge in [-0.1, -0.05) is 38.0 Å². The first-order valence-corrected chi connectivity index (χ1v) is 12.7. The van der Waals surface area contributed by atoms with Crippen LogP contribution in [0.2, 0.25) is 0 Å². The molecular formula is C28H35N5O2. The van der Waals surface area contributed by atoms with Gasteiger partial charge >= 0.3 is 0 Å². The molecule has 0 saturated carbocycles. The molecule has 4 aromatic rings. The van der Waals surface area contributed by atoms with Crippen molar-refractivity contribution >= 4 is 27.8 Å². The molecule has 0 unspecified atom stereocenters. The minimum absolute atomic E-state index is 0.0127. The van der Waals surface area contributed by atoms with Crippen LogP contribution in [-0.4, -0.2) is 51.2 Å². The molecule has 1 atom stereocenters. The van der Waals surface area contributed by atoms with E-state index in [4.69, 9.17) is 15.5 Å². The summed E-state index contributed by atoms with van der Waals surface area (Å²) in [6.45, 7) is 4.49. The Morgan fingerprint density at radius 3 is 2.80 bits per heavy atom. The predicted octanol–water partition coefficient (Wildman–Crippen LogP) is 4.96. The molecular weight excluding hydrogens is 438 g/mol. The number of unbranched alkanes of at least 4 members (excludes halogenated alkanes) is 2. The standard InChI is InChI=1S/C28H35N5O2/c1-4-5-8-14-33-23-12-7-6-10-19(23)16-24(33)27-30-22-15-20(17-25(35-3)26(22)31(27)2)28(34)32-13-9-11-21(29)18-32/h6-7,10,12,15-17,21H,4-5,8-9,11,13-14,18,29H2,1-3H3/t21-/m1/s1. The molecule has 1 aliphatic heterocycles. The molecule has 2 N–H and O–H groups in total. The number of benzene rings is 2. The number of fused-ring (bicyclic) bond motifs is 2. The maximum atomic E-state index is 13.3. The number of ether oxygens (including phenoxy) is 1. The van der Waals surface area contributed by atoms with Gasteiger partial charge in [0.25, 0.3) is 5.91 Å². The van der Waals surface area contributed by atoms with Crippen molar-refractivity contribution in [2.75, 3.05) is 20.2 Å². The number of piperidine rings is 1. The Morgan fingerprint density at radius 1 is 1.20 bits per heavy atom. The Kier molecular flexibility index (Phi) is 6.52. The zero-order valence-electron chi connectivity index (χ0n) is 21.0. The summed E-state index contributed by atoms with van der Waals surface area (Å²) in [5.41, 5.74) is 10.7. The van der Waals surface area contributed by atoms with Gasteiger partial charge in [0.05, 0.1) is 18.3 Å². The molecule has 0 radical (unpaired) electrons. The lowest BCUT2D eigenvalue weighted by molar-refractivity contribution is 0.0708. The highest BCUT2D eigenvalue weighted by Crippen LogP contribution is 2.34. The third-order valence-electron chi connectivity index (χ3n) is 7.17. The lowest BCUT2D eigenvalue weighted by Gasteiger charge is -2.30. The van der Waals surface area contributed by atoms with Crippen LogP contribution in [0.1, 0.15) is 49.4 Å². The number of hydrogen-bond acceptors (Lipinski definition) is 4. The number of carbonyl (C=O) groups is 1. The van der Waals surface area contributed by atoms with Crippen LogP contribution >= 0.6 is 0 Å². The first kappa shape index (κ1) is 23.4. The molecule has 5 rings (SSSR count). The summed E-state index contributed by atoms with van der Waals surface area (Å²) in [5, 5.41) is 1.20. The number of aromatic nitrogens is 3. The summed E-state index contributed by atoms with van der Waals surface area (Å²) in [6.07, 6.45) is 5.38. The van der Waals surface area contributed by atoms with E-state index in [2.05, 4.69) is 46.4 Å². The fourth-order valence-electron chi connectivity index (χ4n) is 5.35. The van der Waals surface area contributed by atoms with E-state index in [0.29, 0.717) is 17.9 Å². The van der Waals surface area contributed by atoms with Crippen LogP contribution in [-0.2, 0) is 13.6 Å². The topological polar surface area (TPSA) is 78.3 Å². The second-order valence-corrected chi connectivity index (χ2v) is 9.64. The monoisotopic (exact) mass is 473 g/mol. The van der Waals surface area contributed by atoms with E-state index in [1.54, 1.807) is 7.11 Å². The number of nitrogens with two attached hydrogens (primary N) is 1. The van der Waals surface area contributed by atoms with Crippen LogP contribution in [0.25, 0.3) is 33.5 Å². The lowest BCUT2D eigenvalue weighted by Crippen LogP contribution is -2.45. The van der Waals surface area contributed by atoms with Gasteiger partial charge in [0, 0.05) is 49.2 Å². The average molecular weight is 474 g/mol. The fraction of sp³-hybridized carbons (Fsp3) is 0.429. The van der Waals surface area contributed by atoms with Gasteiger partial charge in [0.2, 0.25) is 0 Å². The van der Waals surface area contributed by atoms with Crippen molar-refractivity contribution in [3.05, 3.63) is 48.0 Å². The highest BCUT2D eigenvalue weighted by Gasteiger charge is 2.25. The third-order valence-corrected chi connectivity index (χ3v) is 7.17. The van der Waals surface area contributed by atoms with Crippen LogP contribution in [0.3, 0.4) is 0 Å². The van der Waals surface area contributed by atoms with Crippen molar-refractivity contribution in [1.82, 2.24) is 19.0 Å². The van der Waals surface area contributed by atoms with Crippen molar-refractivity contribution in [2.24, 2.45) is 12.8 Å². The molecule has 3 heterocycles. The molecule has 1 amide bonds. The fourth-order valence-corrected chi connectivity index (χ4v) is 5.35. The van der Waals surface area contributed by atoms with Crippen LogP contribution in [0.4, 0.5) is 0 Å². The molecule has 7 nitrogen and oxygen atoms in total. The van der Waals surface area contributed by atoms with Gasteiger partial charge < -0.3 is 24.5 Å². The van der Waals surface area contributed by atoms with E-state index in [0.717, 1.165) is 54.9 Å². The largest absolute Gasteiger partial charge is 0.494 e. The third kappa shape index (κ3) is 4.29. The molecule has 1 fully saturated rings. The Balaban J connectivity index is 1.61. The van der Waals surface area contributed by atoms with E-state index in [9.17, 15) is 4.79 Å². The second kappa shape index (κ2) is 9.74. The number of amides is 1. The van der Waals surface area contributed by atoms with Crippen LogP contribution in [0.5, 0.6) is 5.75 Å². The molecule has 1 aliphatic rings. The van der Waals surface area contributed by atoms with Crippen LogP contribution < -0.4 is 10.5 Å². The number of methoxy groups -OCH3 is 1. The summed E-state index contributed by atoms with van der Waals surface area (Å²) in [7, 11) is 3.67. The van der Waals surface area contributed by atoms with Crippen molar-refractivity contribution in [3.63, 3.8) is 0 Å². The summed E-state index contributed by atoms with van der Waals surface area (Å²) < 4.78 is 10.2. The Hall–Kier alpha value is -3.32. The summed E-state index contributed by atoms with van der Waals surface area (Å²) >= 11 is 0. The smallest absolute Gasteiger partial charge is 0.254 e. The van der Waals surface area contributed by atoms with Gasteiger partial charge in [-0.3, -0.25) is 4.79 Å². The highest BCUT2D eigenvalue weighted by atomic mass is 16.5. The summed E-state index contributed by atoms with van der Waals surface area (Å²) in [6, 6.07) is 14.5. The van der Waals surface area contributed by atoms with Crippen molar-refractivity contribution < 1.29 is 9.53 Å². The van der Waals surface area contributed by atoms with E-state index in [-0.39, 0.29) is 11.9 Å². The lowest BCUT2D eigenvalue weighted by atomic mass is 10.0. The average Bonchev–Trinajstić information content (AvgIpc) is 3.40. The second-order valence-electron chi connectivity index (χ2n) is 9.64. The van der Waals surface area contributed by atoms with E-state index in [1.165, 1.54) is 23.7 Å². The van der Waals surface area contributed by atoms with Gasteiger partial charge in [0.1, 0.15) is 11.3 Å². The first-order valence-electron chi connectivity index (χ1n) is 12.7. The minimum atomic E-state index is -0.0127. The van der Waals surface area contributed by atoms with Gasteiger partial charge in [-0.25, -0.2) is 4.98 Å².